The summed E-state index contributed by atoms with van der Waals surface area (Å²) in [5, 5.41) is 14.1. The van der Waals surface area contributed by atoms with Crippen LogP contribution in [0.1, 0.15) is 39.1 Å². The van der Waals surface area contributed by atoms with E-state index < -0.39 is 23.8 Å². The molecule has 0 aliphatic carbocycles. The molecule has 0 bridgehead atoms. The smallest absolute Gasteiger partial charge is 0.411 e. The number of likely N-dealkylation sites (tertiary alicyclic amines) is 1. The van der Waals surface area contributed by atoms with Crippen molar-refractivity contribution < 1.29 is 19.2 Å². The molecule has 1 fully saturated rings. The van der Waals surface area contributed by atoms with Crippen molar-refractivity contribution in [2.75, 3.05) is 12.8 Å². The molecule has 20 heavy (non-hydrogen) atoms. The van der Waals surface area contributed by atoms with Crippen LogP contribution in [0.5, 0.6) is 0 Å². The van der Waals surface area contributed by atoms with Crippen LogP contribution in [0.3, 0.4) is 0 Å². The van der Waals surface area contributed by atoms with Crippen molar-refractivity contribution >= 4 is 17.9 Å². The van der Waals surface area contributed by atoms with Gasteiger partial charge in [0.15, 0.2) is 0 Å². The summed E-state index contributed by atoms with van der Waals surface area (Å²) in [6.07, 6.45) is 1.11. The van der Waals surface area contributed by atoms with E-state index in [-0.39, 0.29) is 6.54 Å². The van der Waals surface area contributed by atoms with Gasteiger partial charge < -0.3 is 14.4 Å². The average Bonchev–Trinajstić information content (AvgIpc) is 2.92. The van der Waals surface area contributed by atoms with E-state index in [0.717, 1.165) is 0 Å². The number of aromatic nitrogens is 2. The summed E-state index contributed by atoms with van der Waals surface area (Å²) in [7, 11) is 0. The topological polar surface area (TPSA) is 88.7 Å². The molecule has 0 unspecified atom stereocenters. The number of hydrogen-bond acceptors (Lipinski definition) is 7. The zero-order valence-corrected chi connectivity index (χ0v) is 12.8. The number of β-amino-alcohol motifs (C(OH)–C–C–N with tert-alkyl or cyclic N) is 1. The fraction of sp³-hybridized carbons (Fsp3) is 0.750. The molecule has 112 valence electrons. The highest BCUT2D eigenvalue weighted by molar-refractivity contribution is 7.98. The van der Waals surface area contributed by atoms with Crippen molar-refractivity contribution in [3.8, 4) is 0 Å². The summed E-state index contributed by atoms with van der Waals surface area (Å²) >= 11 is 1.36. The minimum Gasteiger partial charge on any atom is -0.444 e. The molecule has 0 radical (unpaired) electrons. The summed E-state index contributed by atoms with van der Waals surface area (Å²) < 4.78 is 10.5. The third-order valence-electron chi connectivity index (χ3n) is 2.80. The maximum absolute atomic E-state index is 12.2. The van der Waals surface area contributed by atoms with Gasteiger partial charge in [-0.15, -0.1) is 0 Å². The first-order valence-corrected chi connectivity index (χ1v) is 7.58. The van der Waals surface area contributed by atoms with E-state index in [2.05, 4.69) is 10.1 Å². The number of carbonyl (C=O) groups is 1. The Balaban J connectivity index is 2.16. The van der Waals surface area contributed by atoms with Crippen molar-refractivity contribution in [2.24, 2.45) is 0 Å². The Kier molecular flexibility index (Phi) is 4.24. The van der Waals surface area contributed by atoms with Gasteiger partial charge in [-0.25, -0.2) is 4.79 Å². The second-order valence-corrected chi connectivity index (χ2v) is 6.43. The lowest BCUT2D eigenvalue weighted by Crippen LogP contribution is -2.37. The number of thioether (sulfide) groups is 1. The monoisotopic (exact) mass is 301 g/mol. The lowest BCUT2D eigenvalue weighted by Gasteiger charge is -2.26. The molecule has 1 amide bonds. The third kappa shape index (κ3) is 3.43. The Labute approximate surface area is 121 Å². The van der Waals surface area contributed by atoms with E-state index in [9.17, 15) is 9.90 Å². The van der Waals surface area contributed by atoms with Gasteiger partial charge in [-0.3, -0.25) is 4.90 Å². The molecule has 1 aliphatic rings. The molecule has 1 saturated heterocycles. The lowest BCUT2D eigenvalue weighted by molar-refractivity contribution is 0.0184. The summed E-state index contributed by atoms with van der Waals surface area (Å²) in [6.45, 7) is 5.59. The summed E-state index contributed by atoms with van der Waals surface area (Å²) in [5.41, 5.74) is -0.589. The fourth-order valence-corrected chi connectivity index (χ4v) is 2.30. The second kappa shape index (κ2) is 5.61. The second-order valence-electron chi connectivity index (χ2n) is 5.66. The number of amides is 1. The maximum atomic E-state index is 12.2. The van der Waals surface area contributed by atoms with Crippen LogP contribution in [0.15, 0.2) is 9.68 Å². The predicted molar refractivity (Wildman–Crippen MR) is 72.4 cm³/mol. The molecule has 7 nitrogen and oxygen atoms in total. The Morgan fingerprint density at radius 2 is 2.25 bits per heavy atom. The van der Waals surface area contributed by atoms with Gasteiger partial charge in [0, 0.05) is 6.42 Å². The molecule has 2 heterocycles. The van der Waals surface area contributed by atoms with E-state index in [0.29, 0.717) is 17.5 Å². The van der Waals surface area contributed by atoms with Crippen LogP contribution in [0.4, 0.5) is 4.79 Å². The Bertz CT molecular complexity index is 485. The van der Waals surface area contributed by atoms with Crippen LogP contribution in [-0.2, 0) is 4.74 Å². The first-order chi connectivity index (χ1) is 9.30. The highest BCUT2D eigenvalue weighted by Crippen LogP contribution is 2.33. The van der Waals surface area contributed by atoms with Crippen LogP contribution in [0.2, 0.25) is 0 Å². The van der Waals surface area contributed by atoms with E-state index in [1.165, 1.54) is 16.7 Å². The van der Waals surface area contributed by atoms with Crippen molar-refractivity contribution in [3.05, 3.63) is 5.89 Å². The summed E-state index contributed by atoms with van der Waals surface area (Å²) in [4.78, 5) is 17.8. The number of hydrogen-bond donors (Lipinski definition) is 1. The van der Waals surface area contributed by atoms with Gasteiger partial charge in [-0.2, -0.15) is 4.98 Å². The molecule has 1 aromatic heterocycles. The summed E-state index contributed by atoms with van der Waals surface area (Å²) in [6, 6.07) is -0.437. The normalized spacial score (nSPS) is 23.1. The van der Waals surface area contributed by atoms with E-state index in [4.69, 9.17) is 9.26 Å². The van der Waals surface area contributed by atoms with Crippen LogP contribution in [0.25, 0.3) is 0 Å². The standard InChI is InChI=1S/C12H19N3O4S/c1-12(2,3)18-11(17)15-6-7(16)5-8(15)9-13-10(20-4)14-19-9/h7-8,16H,5-6H2,1-4H3/t7-,8+/m1/s1. The van der Waals surface area contributed by atoms with Crippen molar-refractivity contribution in [1.82, 2.24) is 15.0 Å². The highest BCUT2D eigenvalue weighted by atomic mass is 32.2. The Hall–Kier alpha value is -1.28. The van der Waals surface area contributed by atoms with Crippen molar-refractivity contribution in [3.63, 3.8) is 0 Å². The number of aliphatic hydroxyl groups excluding tert-OH is 1. The number of carbonyl (C=O) groups excluding carboxylic acids is 1. The quantitative estimate of drug-likeness (QED) is 0.834. The molecular formula is C12H19N3O4S. The van der Waals surface area contributed by atoms with E-state index >= 15 is 0 Å². The van der Waals surface area contributed by atoms with Crippen LogP contribution in [0, 0.1) is 0 Å². The number of nitrogens with zero attached hydrogens (tertiary/aromatic N) is 3. The van der Waals surface area contributed by atoms with Crippen molar-refractivity contribution in [1.29, 1.82) is 0 Å². The molecule has 2 atom stereocenters. The first kappa shape index (κ1) is 15.1. The third-order valence-corrected chi connectivity index (χ3v) is 3.33. The SMILES string of the molecule is CSc1noc([C@@H]2C[C@@H](O)CN2C(=O)OC(C)(C)C)n1. The zero-order chi connectivity index (χ0) is 14.9. The molecule has 1 N–H and O–H groups in total. The molecular weight excluding hydrogens is 282 g/mol. The highest BCUT2D eigenvalue weighted by Gasteiger charge is 2.40. The number of ether oxygens (including phenoxy) is 1. The van der Waals surface area contributed by atoms with Gasteiger partial charge in [0.05, 0.1) is 12.6 Å². The zero-order valence-electron chi connectivity index (χ0n) is 12.0. The van der Waals surface area contributed by atoms with Gasteiger partial charge in [0.1, 0.15) is 11.6 Å². The first-order valence-electron chi connectivity index (χ1n) is 6.35. The molecule has 0 aromatic carbocycles. The minimum absolute atomic E-state index is 0.205. The molecule has 0 spiro atoms. The summed E-state index contributed by atoms with van der Waals surface area (Å²) in [5.74, 6) is 0.330. The van der Waals surface area contributed by atoms with Gasteiger partial charge >= 0.3 is 6.09 Å². The molecule has 1 aromatic rings. The lowest BCUT2D eigenvalue weighted by atomic mass is 10.2. The van der Waals surface area contributed by atoms with Gasteiger partial charge in [0.2, 0.25) is 11.0 Å². The molecule has 8 heteroatoms. The molecule has 0 saturated carbocycles. The number of rotatable bonds is 2. The number of aliphatic hydroxyl groups is 1. The van der Waals surface area contributed by atoms with E-state index in [1.54, 1.807) is 20.8 Å². The molecule has 2 rings (SSSR count). The van der Waals surface area contributed by atoms with Gasteiger partial charge in [-0.05, 0) is 27.0 Å². The van der Waals surface area contributed by atoms with Crippen LogP contribution >= 0.6 is 11.8 Å². The Morgan fingerprint density at radius 1 is 1.55 bits per heavy atom. The average molecular weight is 301 g/mol. The largest absolute Gasteiger partial charge is 0.444 e. The minimum atomic E-state index is -0.614. The predicted octanol–water partition coefficient (Wildman–Crippen LogP) is 1.83. The van der Waals surface area contributed by atoms with Crippen molar-refractivity contribution in [2.45, 2.75) is 50.1 Å². The molecule has 1 aliphatic heterocycles. The van der Waals surface area contributed by atoms with Gasteiger partial charge in [-0.1, -0.05) is 16.9 Å². The van der Waals surface area contributed by atoms with Crippen LogP contribution < -0.4 is 0 Å². The van der Waals surface area contributed by atoms with Crippen LogP contribution in [-0.4, -0.2) is 50.7 Å². The maximum Gasteiger partial charge on any atom is 0.411 e. The van der Waals surface area contributed by atoms with E-state index in [1.807, 2.05) is 6.26 Å². The van der Waals surface area contributed by atoms with Gasteiger partial charge in [0.25, 0.3) is 0 Å². The Morgan fingerprint density at radius 3 is 2.80 bits per heavy atom. The fourth-order valence-electron chi connectivity index (χ4n) is 2.01.